The molecule has 1 unspecified atom stereocenters. The van der Waals surface area contributed by atoms with Crippen LogP contribution in [0.1, 0.15) is 29.6 Å². The highest BCUT2D eigenvalue weighted by Gasteiger charge is 2.29. The van der Waals surface area contributed by atoms with E-state index >= 15 is 0 Å². The van der Waals surface area contributed by atoms with E-state index in [2.05, 4.69) is 4.98 Å². The normalized spacial score (nSPS) is 18.7. The second kappa shape index (κ2) is 5.77. The highest BCUT2D eigenvalue weighted by Crippen LogP contribution is 2.23. The Balaban J connectivity index is 2.01. The third-order valence-corrected chi connectivity index (χ3v) is 4.24. The van der Waals surface area contributed by atoms with Crippen molar-refractivity contribution in [2.45, 2.75) is 25.3 Å². The van der Waals surface area contributed by atoms with E-state index in [4.69, 9.17) is 18.0 Å². The monoisotopic (exact) mass is 299 g/mol. The molecular formula is C16H17N3OS. The van der Waals surface area contributed by atoms with Gasteiger partial charge in [0.05, 0.1) is 22.1 Å². The zero-order chi connectivity index (χ0) is 14.8. The van der Waals surface area contributed by atoms with Crippen LogP contribution >= 0.6 is 12.2 Å². The molecule has 0 spiro atoms. The number of thiocarbonyl (C=S) groups is 1. The molecule has 4 nitrogen and oxygen atoms in total. The molecule has 2 N–H and O–H groups in total. The van der Waals surface area contributed by atoms with Gasteiger partial charge in [-0.1, -0.05) is 30.4 Å². The number of fused-ring (bicyclic) bond motifs is 1. The Bertz CT molecular complexity index is 695. The standard InChI is InChI=1S/C16H17N3OS/c17-15(21)14-7-3-4-10-19(14)16(20)12-8-9-18-13-6-2-1-5-11(12)13/h1-2,5-6,8-9,14H,3-4,7,10H2,(H2,17,21). The third-order valence-electron chi connectivity index (χ3n) is 3.97. The summed E-state index contributed by atoms with van der Waals surface area (Å²) in [4.78, 5) is 19.4. The van der Waals surface area contributed by atoms with E-state index in [0.717, 1.165) is 30.2 Å². The van der Waals surface area contributed by atoms with Crippen LogP contribution in [0.15, 0.2) is 36.5 Å². The first kappa shape index (κ1) is 13.9. The number of amides is 1. The van der Waals surface area contributed by atoms with Gasteiger partial charge in [0.2, 0.25) is 0 Å². The number of piperidine rings is 1. The number of hydrogen-bond acceptors (Lipinski definition) is 3. The molecule has 0 aliphatic carbocycles. The minimum Gasteiger partial charge on any atom is -0.392 e. The third kappa shape index (κ3) is 2.61. The summed E-state index contributed by atoms with van der Waals surface area (Å²) in [5.41, 5.74) is 7.31. The number of carbonyl (C=O) groups is 1. The number of aromatic nitrogens is 1. The number of nitrogens with two attached hydrogens (primary N) is 1. The van der Waals surface area contributed by atoms with E-state index in [1.165, 1.54) is 0 Å². The number of para-hydroxylation sites is 1. The van der Waals surface area contributed by atoms with Crippen molar-refractivity contribution in [3.63, 3.8) is 0 Å². The van der Waals surface area contributed by atoms with Gasteiger partial charge in [-0.15, -0.1) is 0 Å². The fourth-order valence-corrected chi connectivity index (χ4v) is 3.15. The van der Waals surface area contributed by atoms with E-state index in [1.807, 2.05) is 29.2 Å². The number of likely N-dealkylation sites (tertiary alicyclic amines) is 1. The van der Waals surface area contributed by atoms with Crippen molar-refractivity contribution in [2.24, 2.45) is 5.73 Å². The van der Waals surface area contributed by atoms with Crippen LogP contribution in [0, 0.1) is 0 Å². The molecule has 0 bridgehead atoms. The number of hydrogen-bond donors (Lipinski definition) is 1. The van der Waals surface area contributed by atoms with Gasteiger partial charge in [0.1, 0.15) is 0 Å². The molecule has 1 fully saturated rings. The van der Waals surface area contributed by atoms with Crippen molar-refractivity contribution in [1.82, 2.24) is 9.88 Å². The summed E-state index contributed by atoms with van der Waals surface area (Å²) in [6, 6.07) is 9.32. The second-order valence-corrected chi connectivity index (χ2v) is 5.76. The largest absolute Gasteiger partial charge is 0.392 e. The van der Waals surface area contributed by atoms with Crippen molar-refractivity contribution < 1.29 is 4.79 Å². The minimum atomic E-state index is -0.131. The Morgan fingerprint density at radius 2 is 2.10 bits per heavy atom. The molecule has 1 aliphatic rings. The lowest BCUT2D eigenvalue weighted by Crippen LogP contribution is -2.49. The highest BCUT2D eigenvalue weighted by molar-refractivity contribution is 7.80. The quantitative estimate of drug-likeness (QED) is 0.866. The Labute approximate surface area is 129 Å². The maximum atomic E-state index is 12.9. The fraction of sp³-hybridized carbons (Fsp3) is 0.312. The summed E-state index contributed by atoms with van der Waals surface area (Å²) in [5, 5.41) is 0.872. The summed E-state index contributed by atoms with van der Waals surface area (Å²) < 4.78 is 0. The van der Waals surface area contributed by atoms with Gasteiger partial charge in [-0.05, 0) is 31.4 Å². The van der Waals surface area contributed by atoms with Crippen LogP contribution < -0.4 is 5.73 Å². The fourth-order valence-electron chi connectivity index (χ4n) is 2.91. The molecule has 1 amide bonds. The lowest BCUT2D eigenvalue weighted by molar-refractivity contribution is 0.0683. The molecular weight excluding hydrogens is 282 g/mol. The number of pyridine rings is 1. The van der Waals surface area contributed by atoms with Gasteiger partial charge < -0.3 is 10.6 Å². The summed E-state index contributed by atoms with van der Waals surface area (Å²) in [5.74, 6) is -0.00824. The van der Waals surface area contributed by atoms with Crippen LogP contribution in [0.3, 0.4) is 0 Å². The molecule has 21 heavy (non-hydrogen) atoms. The maximum absolute atomic E-state index is 12.9. The topological polar surface area (TPSA) is 59.2 Å². The summed E-state index contributed by atoms with van der Waals surface area (Å²) in [7, 11) is 0. The number of rotatable bonds is 2. The molecule has 2 heterocycles. The molecule has 1 aromatic heterocycles. The Morgan fingerprint density at radius 1 is 1.29 bits per heavy atom. The van der Waals surface area contributed by atoms with Crippen LogP contribution in [-0.2, 0) is 0 Å². The van der Waals surface area contributed by atoms with Crippen LogP contribution in [-0.4, -0.2) is 33.4 Å². The van der Waals surface area contributed by atoms with Crippen molar-refractivity contribution in [1.29, 1.82) is 0 Å². The Hall–Kier alpha value is -2.01. The smallest absolute Gasteiger partial charge is 0.255 e. The molecule has 2 aromatic rings. The predicted octanol–water partition coefficient (Wildman–Crippen LogP) is 2.52. The summed E-state index contributed by atoms with van der Waals surface area (Å²) in [6.45, 7) is 0.706. The lowest BCUT2D eigenvalue weighted by Gasteiger charge is -2.35. The van der Waals surface area contributed by atoms with Gasteiger partial charge in [0.15, 0.2) is 0 Å². The van der Waals surface area contributed by atoms with Crippen molar-refractivity contribution in [2.75, 3.05) is 6.54 Å². The Morgan fingerprint density at radius 3 is 2.90 bits per heavy atom. The lowest BCUT2D eigenvalue weighted by atomic mass is 9.99. The van der Waals surface area contributed by atoms with E-state index in [1.54, 1.807) is 12.3 Å². The van der Waals surface area contributed by atoms with Gasteiger partial charge in [0, 0.05) is 18.1 Å². The van der Waals surface area contributed by atoms with E-state index in [0.29, 0.717) is 17.1 Å². The van der Waals surface area contributed by atoms with Crippen LogP contribution in [0.5, 0.6) is 0 Å². The first-order valence-electron chi connectivity index (χ1n) is 7.12. The van der Waals surface area contributed by atoms with Gasteiger partial charge in [0.25, 0.3) is 5.91 Å². The van der Waals surface area contributed by atoms with Gasteiger partial charge in [-0.2, -0.15) is 0 Å². The predicted molar refractivity (Wildman–Crippen MR) is 87.2 cm³/mol. The summed E-state index contributed by atoms with van der Waals surface area (Å²) >= 11 is 5.13. The molecule has 1 aliphatic heterocycles. The van der Waals surface area contributed by atoms with Crippen molar-refractivity contribution >= 4 is 34.0 Å². The van der Waals surface area contributed by atoms with Crippen molar-refractivity contribution in [3.05, 3.63) is 42.1 Å². The number of nitrogens with zero attached hydrogens (tertiary/aromatic N) is 2. The van der Waals surface area contributed by atoms with Crippen LogP contribution in [0.4, 0.5) is 0 Å². The SMILES string of the molecule is NC(=S)C1CCCCN1C(=O)c1ccnc2ccccc12. The molecule has 1 aromatic carbocycles. The highest BCUT2D eigenvalue weighted by atomic mass is 32.1. The van der Waals surface area contributed by atoms with E-state index in [9.17, 15) is 4.79 Å². The molecule has 108 valence electrons. The van der Waals surface area contributed by atoms with Crippen LogP contribution in [0.2, 0.25) is 0 Å². The van der Waals surface area contributed by atoms with Gasteiger partial charge in [-0.3, -0.25) is 9.78 Å². The van der Waals surface area contributed by atoms with Gasteiger partial charge in [-0.25, -0.2) is 0 Å². The molecule has 1 atom stereocenters. The van der Waals surface area contributed by atoms with Crippen LogP contribution in [0.25, 0.3) is 10.9 Å². The zero-order valence-corrected chi connectivity index (χ0v) is 12.5. The number of carbonyl (C=O) groups excluding carboxylic acids is 1. The average molecular weight is 299 g/mol. The van der Waals surface area contributed by atoms with Crippen molar-refractivity contribution in [3.8, 4) is 0 Å². The average Bonchev–Trinajstić information content (AvgIpc) is 2.53. The minimum absolute atomic E-state index is 0.00824. The molecule has 5 heteroatoms. The van der Waals surface area contributed by atoms with E-state index in [-0.39, 0.29) is 11.9 Å². The Kier molecular flexibility index (Phi) is 3.84. The van der Waals surface area contributed by atoms with Gasteiger partial charge >= 0.3 is 0 Å². The zero-order valence-electron chi connectivity index (χ0n) is 11.7. The first-order chi connectivity index (χ1) is 10.2. The maximum Gasteiger partial charge on any atom is 0.255 e. The second-order valence-electron chi connectivity index (χ2n) is 5.29. The first-order valence-corrected chi connectivity index (χ1v) is 7.53. The molecule has 1 saturated heterocycles. The molecule has 0 radical (unpaired) electrons. The van der Waals surface area contributed by atoms with E-state index < -0.39 is 0 Å². The number of benzene rings is 1. The summed E-state index contributed by atoms with van der Waals surface area (Å²) in [6.07, 6.45) is 4.58. The molecule has 3 rings (SSSR count). The molecule has 0 saturated carbocycles.